The zero-order valence-corrected chi connectivity index (χ0v) is 32.6. The first kappa shape index (κ1) is 35.2. The maximum absolute atomic E-state index is 6.61. The van der Waals surface area contributed by atoms with Crippen molar-refractivity contribution >= 4 is 69.1 Å². The monoisotopic (exact) mass is 722 g/mol. The molecule has 1 saturated heterocycles. The quantitative estimate of drug-likeness (QED) is 0.104. The first-order valence-corrected chi connectivity index (χ1v) is 19.6. The fourth-order valence-electron chi connectivity index (χ4n) is 8.30. The van der Waals surface area contributed by atoms with E-state index in [0.717, 1.165) is 40.9 Å². The van der Waals surface area contributed by atoms with Crippen molar-refractivity contribution in [1.82, 2.24) is 0 Å². The highest BCUT2D eigenvalue weighted by Crippen LogP contribution is 2.39. The summed E-state index contributed by atoms with van der Waals surface area (Å²) in [5, 5.41) is 5.18. The zero-order chi connectivity index (χ0) is 37.9. The van der Waals surface area contributed by atoms with Gasteiger partial charge in [-0.15, -0.1) is 0 Å². The minimum absolute atomic E-state index is 0.380. The van der Waals surface area contributed by atoms with E-state index in [-0.39, 0.29) is 11.2 Å². The number of nitrogens with zero attached hydrogens (tertiary/aromatic N) is 2. The highest BCUT2D eigenvalue weighted by Gasteiger charge is 2.51. The molecule has 3 heterocycles. The molecule has 6 heteroatoms. The third-order valence-corrected chi connectivity index (χ3v) is 11.9. The van der Waals surface area contributed by atoms with Crippen LogP contribution < -0.4 is 10.2 Å². The molecule has 0 radical (unpaired) electrons. The van der Waals surface area contributed by atoms with E-state index in [2.05, 4.69) is 190 Å². The molecule has 0 spiro atoms. The summed E-state index contributed by atoms with van der Waals surface area (Å²) in [4.78, 5) is 0. The van der Waals surface area contributed by atoms with Crippen molar-refractivity contribution in [2.75, 3.05) is 6.54 Å². The lowest BCUT2D eigenvalue weighted by Crippen LogP contribution is -2.41. The van der Waals surface area contributed by atoms with Crippen molar-refractivity contribution in [3.8, 4) is 5.75 Å². The van der Waals surface area contributed by atoms with E-state index in [1.165, 1.54) is 55.5 Å². The molecule has 0 amide bonds. The second kappa shape index (κ2) is 13.6. The van der Waals surface area contributed by atoms with Crippen LogP contribution in [0.15, 0.2) is 128 Å². The van der Waals surface area contributed by atoms with Crippen LogP contribution in [0.1, 0.15) is 75.8 Å². The van der Waals surface area contributed by atoms with Crippen molar-refractivity contribution in [3.05, 3.63) is 155 Å². The van der Waals surface area contributed by atoms with Crippen LogP contribution in [0.2, 0.25) is 0 Å². The summed E-state index contributed by atoms with van der Waals surface area (Å²) in [5.41, 5.74) is 11.1. The van der Waals surface area contributed by atoms with Crippen molar-refractivity contribution in [2.24, 2.45) is 0 Å². The van der Waals surface area contributed by atoms with Gasteiger partial charge in [-0.3, -0.25) is 0 Å². The largest absolute Gasteiger partial charge is 0.494 e. The molecule has 3 aliphatic heterocycles. The summed E-state index contributed by atoms with van der Waals surface area (Å²) in [5.74, 6) is 0.831. The van der Waals surface area contributed by atoms with Gasteiger partial charge in [0.25, 0.3) is 0 Å². The number of allylic oxidation sites excluding steroid dienone is 1. The van der Waals surface area contributed by atoms with Crippen molar-refractivity contribution in [2.45, 2.75) is 65.8 Å². The summed E-state index contributed by atoms with van der Waals surface area (Å²) in [6.07, 6.45) is 9.84. The van der Waals surface area contributed by atoms with Crippen LogP contribution in [0.5, 0.6) is 5.75 Å². The van der Waals surface area contributed by atoms with Crippen LogP contribution >= 0.6 is 0 Å². The second-order valence-electron chi connectivity index (χ2n) is 15.7. The second-order valence-corrected chi connectivity index (χ2v) is 15.7. The highest BCUT2D eigenvalue weighted by atomic mass is 16.7. The topological polar surface area (TPSA) is 33.7 Å². The number of ether oxygens (including phenoxy) is 1. The number of hydrogen-bond donors (Lipinski definition) is 0. The van der Waals surface area contributed by atoms with Crippen molar-refractivity contribution in [3.63, 3.8) is 0 Å². The van der Waals surface area contributed by atoms with Gasteiger partial charge in [-0.1, -0.05) is 85.8 Å². The predicted octanol–water partition coefficient (Wildman–Crippen LogP) is 10.6. The maximum Gasteiger partial charge on any atom is 0.494 e. The van der Waals surface area contributed by atoms with E-state index >= 15 is 0 Å². The van der Waals surface area contributed by atoms with Crippen LogP contribution in [0.25, 0.3) is 33.7 Å². The molecule has 272 valence electrons. The van der Waals surface area contributed by atoms with E-state index in [4.69, 9.17) is 14.0 Å². The molecule has 0 N–H and O–H groups in total. The van der Waals surface area contributed by atoms with Gasteiger partial charge in [-0.25, -0.2) is 0 Å². The normalized spacial score (nSPS) is 16.9. The van der Waals surface area contributed by atoms with Crippen LogP contribution in [-0.2, 0) is 15.9 Å². The minimum atomic E-state index is -0.390. The number of benzene rings is 6. The molecule has 0 aliphatic carbocycles. The summed E-state index contributed by atoms with van der Waals surface area (Å²) in [6, 6.07) is 41.3. The Hall–Kier alpha value is -5.56. The van der Waals surface area contributed by atoms with Gasteiger partial charge in [0.15, 0.2) is 11.9 Å². The van der Waals surface area contributed by atoms with E-state index in [9.17, 15) is 0 Å². The summed E-state index contributed by atoms with van der Waals surface area (Å²) in [7, 11) is -0.390. The molecular weight excluding hydrogens is 675 g/mol. The van der Waals surface area contributed by atoms with Crippen LogP contribution in [-0.4, -0.2) is 45.4 Å². The van der Waals surface area contributed by atoms with E-state index < -0.39 is 7.12 Å². The molecule has 0 saturated carbocycles. The van der Waals surface area contributed by atoms with Gasteiger partial charge in [-0.2, -0.15) is 9.15 Å². The van der Waals surface area contributed by atoms with Crippen LogP contribution in [0.3, 0.4) is 0 Å². The zero-order valence-electron chi connectivity index (χ0n) is 32.6. The Balaban J connectivity index is 1.04. The lowest BCUT2D eigenvalue weighted by Gasteiger charge is -2.32. The Morgan fingerprint density at radius 3 is 1.98 bits per heavy atom. The van der Waals surface area contributed by atoms with E-state index in [1.807, 2.05) is 0 Å². The summed E-state index contributed by atoms with van der Waals surface area (Å²) in [6.45, 7) is 14.1. The summed E-state index contributed by atoms with van der Waals surface area (Å²) >= 11 is 0. The van der Waals surface area contributed by atoms with Gasteiger partial charge in [0.2, 0.25) is 17.1 Å². The summed E-state index contributed by atoms with van der Waals surface area (Å²) < 4.78 is 24.0. The van der Waals surface area contributed by atoms with Crippen molar-refractivity contribution < 1.29 is 23.2 Å². The molecular formula is C49H47BN2O3+2. The molecule has 55 heavy (non-hydrogen) atoms. The molecule has 0 aromatic heterocycles. The van der Waals surface area contributed by atoms with Gasteiger partial charge < -0.3 is 14.0 Å². The predicted molar refractivity (Wildman–Crippen MR) is 228 cm³/mol. The molecule has 6 aromatic carbocycles. The average molecular weight is 723 g/mol. The number of rotatable bonds is 10. The smallest absolute Gasteiger partial charge is 0.488 e. The van der Waals surface area contributed by atoms with Gasteiger partial charge in [-0.05, 0) is 92.3 Å². The van der Waals surface area contributed by atoms with Gasteiger partial charge >= 0.3 is 7.12 Å². The van der Waals surface area contributed by atoms with Crippen LogP contribution in [0, 0.1) is 0 Å². The molecule has 3 aliphatic rings. The Morgan fingerprint density at radius 1 is 0.673 bits per heavy atom. The average Bonchev–Trinajstić information content (AvgIpc) is 3.76. The first-order valence-electron chi connectivity index (χ1n) is 19.6. The SMILES string of the molecule is CCC1=[N+](/C=C/c2cc(/C=C/C3=[N+](CC)c4cccc5cccc3c45)ccc2OCc2ccc(B3OC(C)(C)C(C)(C)O3)cc2)c2cccc3cccc1c23. The van der Waals surface area contributed by atoms with E-state index in [0.29, 0.717) is 6.61 Å². The maximum atomic E-state index is 6.61. The Labute approximate surface area is 324 Å². The first-order chi connectivity index (χ1) is 26.7. The number of hydrogen-bond acceptors (Lipinski definition) is 3. The third kappa shape index (κ3) is 6.05. The Morgan fingerprint density at radius 2 is 1.31 bits per heavy atom. The molecule has 9 rings (SSSR count). The molecule has 0 unspecified atom stereocenters. The molecule has 1 fully saturated rings. The van der Waals surface area contributed by atoms with Gasteiger partial charge in [0.1, 0.15) is 18.9 Å². The lowest BCUT2D eigenvalue weighted by atomic mass is 9.79. The van der Waals surface area contributed by atoms with Crippen molar-refractivity contribution in [1.29, 1.82) is 0 Å². The van der Waals surface area contributed by atoms with E-state index in [1.54, 1.807) is 0 Å². The Bertz CT molecular complexity index is 2600. The molecule has 0 atom stereocenters. The molecule has 5 nitrogen and oxygen atoms in total. The lowest BCUT2D eigenvalue weighted by molar-refractivity contribution is -0.430. The third-order valence-electron chi connectivity index (χ3n) is 11.9. The van der Waals surface area contributed by atoms with Gasteiger partial charge in [0, 0.05) is 36.3 Å². The van der Waals surface area contributed by atoms with Crippen LogP contribution in [0.4, 0.5) is 11.4 Å². The fourth-order valence-corrected chi connectivity index (χ4v) is 8.30. The standard InChI is InChI=1S/C49H47BN2O3/c1-7-41-39-17-9-13-35-16-12-20-44(46(35)39)52(41)30-29-37-31-33(23-27-42-40-18-10-14-36-15-11-19-43(47(36)40)51(42)8-2)24-28-45(37)53-32-34-21-25-38(26-22-34)50-54-48(3,4)49(5,6)55-50/h9-31H,7-8,32H2,1-6H3/q+2/b27-23+,30-29+. The molecule has 6 aromatic rings. The van der Waals surface area contributed by atoms with Gasteiger partial charge in [0.05, 0.1) is 33.1 Å². The fraction of sp³-hybridized carbons (Fsp3) is 0.224. The highest BCUT2D eigenvalue weighted by molar-refractivity contribution is 6.62. The minimum Gasteiger partial charge on any atom is -0.488 e. The Kier molecular flexibility index (Phi) is 8.72. The molecule has 0 bridgehead atoms.